The fourth-order valence-electron chi connectivity index (χ4n) is 6.91. The minimum Gasteiger partial charge on any atom is -0.379 e. The maximum Gasteiger partial charge on any atom is 0.226 e. The Labute approximate surface area is 244 Å². The Hall–Kier alpha value is -2.88. The first kappa shape index (κ1) is 28.2. The molecule has 10 heteroatoms. The van der Waals surface area contributed by atoms with E-state index in [1.807, 2.05) is 41.6 Å². The van der Waals surface area contributed by atoms with E-state index in [0.717, 1.165) is 49.1 Å². The first-order chi connectivity index (χ1) is 19.8. The van der Waals surface area contributed by atoms with Gasteiger partial charge in [-0.3, -0.25) is 9.69 Å². The molecule has 1 aromatic heterocycles. The summed E-state index contributed by atoms with van der Waals surface area (Å²) in [5.41, 5.74) is 2.34. The van der Waals surface area contributed by atoms with Crippen molar-refractivity contribution in [1.82, 2.24) is 24.6 Å². The number of rotatable bonds is 5. The van der Waals surface area contributed by atoms with E-state index < -0.39 is 11.6 Å². The molecule has 3 atom stereocenters. The molecule has 0 bridgehead atoms. The first-order valence-corrected chi connectivity index (χ1v) is 14.9. The van der Waals surface area contributed by atoms with Crippen LogP contribution in [0.3, 0.4) is 0 Å². The Morgan fingerprint density at radius 2 is 1.76 bits per heavy atom. The lowest BCUT2D eigenvalue weighted by molar-refractivity contribution is -0.137. The molecule has 0 N–H and O–H groups in total. The minimum absolute atomic E-state index is 0.0684. The Kier molecular flexibility index (Phi) is 8.12. The molecule has 1 saturated carbocycles. The van der Waals surface area contributed by atoms with Gasteiger partial charge in [-0.25, -0.2) is 18.4 Å². The fraction of sp³-hybridized carbons (Fsp3) is 0.516. The number of hydrogen-bond acceptors (Lipinski definition) is 5. The van der Waals surface area contributed by atoms with Crippen LogP contribution in [0.25, 0.3) is 5.69 Å². The van der Waals surface area contributed by atoms with E-state index in [9.17, 15) is 13.6 Å². The molecular weight excluding hydrogens is 548 g/mol. The number of likely N-dealkylation sites (tertiary alicyclic amines) is 1. The van der Waals surface area contributed by atoms with Gasteiger partial charge in [0, 0.05) is 55.1 Å². The maximum atomic E-state index is 15.0. The number of morpholine rings is 1. The van der Waals surface area contributed by atoms with Crippen molar-refractivity contribution in [2.24, 2.45) is 5.92 Å². The second kappa shape index (κ2) is 11.8. The largest absolute Gasteiger partial charge is 0.379 e. The number of carbonyl (C=O) groups excluding carboxylic acids is 1. The second-order valence-corrected chi connectivity index (χ2v) is 12.0. The number of ether oxygens (including phenoxy) is 1. The molecule has 6 rings (SSSR count). The molecule has 7 nitrogen and oxygen atoms in total. The molecule has 2 aliphatic heterocycles. The average Bonchev–Trinajstić information content (AvgIpc) is 3.59. The fourth-order valence-corrected chi connectivity index (χ4v) is 7.03. The zero-order chi connectivity index (χ0) is 28.7. The normalized spacial score (nSPS) is 24.2. The van der Waals surface area contributed by atoms with Crippen molar-refractivity contribution in [2.75, 3.05) is 39.4 Å². The Bertz CT molecular complexity index is 1420. The Balaban J connectivity index is 1.19. The van der Waals surface area contributed by atoms with E-state index in [1.165, 1.54) is 12.1 Å². The van der Waals surface area contributed by atoms with Crippen LogP contribution in [-0.4, -0.2) is 75.9 Å². The van der Waals surface area contributed by atoms with Crippen molar-refractivity contribution in [2.45, 2.75) is 57.4 Å². The molecule has 3 aliphatic rings. The van der Waals surface area contributed by atoms with Gasteiger partial charge in [0.15, 0.2) is 0 Å². The number of halogens is 3. The Morgan fingerprint density at radius 3 is 2.46 bits per heavy atom. The van der Waals surface area contributed by atoms with Gasteiger partial charge in [0.25, 0.3) is 0 Å². The third kappa shape index (κ3) is 5.76. The molecule has 41 heavy (non-hydrogen) atoms. The van der Waals surface area contributed by atoms with Crippen molar-refractivity contribution in [3.05, 3.63) is 75.8 Å². The first-order valence-electron chi connectivity index (χ1n) is 14.5. The van der Waals surface area contributed by atoms with Crippen molar-refractivity contribution in [1.29, 1.82) is 0 Å². The van der Waals surface area contributed by atoms with E-state index in [-0.39, 0.29) is 29.7 Å². The highest BCUT2D eigenvalue weighted by atomic mass is 35.5. The summed E-state index contributed by atoms with van der Waals surface area (Å²) in [6.45, 7) is 8.01. The van der Waals surface area contributed by atoms with Gasteiger partial charge in [0.05, 0.1) is 18.9 Å². The highest BCUT2D eigenvalue weighted by Crippen LogP contribution is 2.44. The second-order valence-electron chi connectivity index (χ2n) is 11.6. The SMILES string of the molecule is Cc1nc(C2CCN(C(=O)[C@@H]3C[C@@H](N4CCOCC4)C[C@H]3c3ccc(F)cc3F)CC2)n(-c2ccc(Cl)c(C)c2)n1. The van der Waals surface area contributed by atoms with Crippen LogP contribution in [0.15, 0.2) is 36.4 Å². The van der Waals surface area contributed by atoms with Crippen LogP contribution in [0.2, 0.25) is 5.02 Å². The lowest BCUT2D eigenvalue weighted by atomic mass is 9.86. The van der Waals surface area contributed by atoms with E-state index in [2.05, 4.69) is 10.00 Å². The summed E-state index contributed by atoms with van der Waals surface area (Å²) < 4.78 is 36.2. The zero-order valence-corrected chi connectivity index (χ0v) is 24.3. The quantitative estimate of drug-likeness (QED) is 0.402. The average molecular weight is 584 g/mol. The minimum atomic E-state index is -0.601. The van der Waals surface area contributed by atoms with Gasteiger partial charge >= 0.3 is 0 Å². The van der Waals surface area contributed by atoms with Crippen molar-refractivity contribution >= 4 is 17.5 Å². The van der Waals surface area contributed by atoms with Gasteiger partial charge in [-0.1, -0.05) is 17.7 Å². The van der Waals surface area contributed by atoms with Gasteiger partial charge in [-0.15, -0.1) is 0 Å². The van der Waals surface area contributed by atoms with Gasteiger partial charge < -0.3 is 9.64 Å². The van der Waals surface area contributed by atoms with Crippen LogP contribution in [0.1, 0.15) is 60.3 Å². The molecule has 0 spiro atoms. The predicted molar refractivity (Wildman–Crippen MR) is 152 cm³/mol. The molecule has 3 fully saturated rings. The molecule has 218 valence electrons. The molecule has 0 radical (unpaired) electrons. The molecule has 1 amide bonds. The van der Waals surface area contributed by atoms with Gasteiger partial charge in [0.1, 0.15) is 23.3 Å². The van der Waals surface area contributed by atoms with E-state index in [4.69, 9.17) is 21.3 Å². The highest BCUT2D eigenvalue weighted by molar-refractivity contribution is 6.31. The molecule has 3 aromatic rings. The number of nitrogens with zero attached hydrogens (tertiary/aromatic N) is 5. The van der Waals surface area contributed by atoms with Crippen molar-refractivity contribution < 1.29 is 18.3 Å². The summed E-state index contributed by atoms with van der Waals surface area (Å²) in [7, 11) is 0. The highest BCUT2D eigenvalue weighted by Gasteiger charge is 2.45. The van der Waals surface area contributed by atoms with Crippen molar-refractivity contribution in [3.63, 3.8) is 0 Å². The van der Waals surface area contributed by atoms with Crippen LogP contribution < -0.4 is 0 Å². The molecule has 2 saturated heterocycles. The summed E-state index contributed by atoms with van der Waals surface area (Å²) in [6, 6.07) is 9.77. The van der Waals surface area contributed by atoms with E-state index in [1.54, 1.807) is 0 Å². The van der Waals surface area contributed by atoms with Crippen LogP contribution in [0.4, 0.5) is 8.78 Å². The topological polar surface area (TPSA) is 63.5 Å². The summed E-state index contributed by atoms with van der Waals surface area (Å²) >= 11 is 6.25. The molecule has 0 unspecified atom stereocenters. The maximum absolute atomic E-state index is 15.0. The number of piperidine rings is 1. The van der Waals surface area contributed by atoms with Crippen LogP contribution in [0.5, 0.6) is 0 Å². The van der Waals surface area contributed by atoms with Crippen LogP contribution in [0, 0.1) is 31.4 Å². The molecule has 2 aromatic carbocycles. The van der Waals surface area contributed by atoms with Gasteiger partial charge in [-0.05, 0) is 80.8 Å². The third-order valence-electron chi connectivity index (χ3n) is 9.07. The summed E-state index contributed by atoms with van der Waals surface area (Å²) in [4.78, 5) is 23.1. The van der Waals surface area contributed by atoms with Crippen LogP contribution >= 0.6 is 11.6 Å². The summed E-state index contributed by atoms with van der Waals surface area (Å²) in [6.07, 6.45) is 2.89. The lowest BCUT2D eigenvalue weighted by Gasteiger charge is -2.35. The molecule has 3 heterocycles. The van der Waals surface area contributed by atoms with Gasteiger partial charge in [0.2, 0.25) is 5.91 Å². The predicted octanol–water partition coefficient (Wildman–Crippen LogP) is 5.42. The zero-order valence-electron chi connectivity index (χ0n) is 23.5. The monoisotopic (exact) mass is 583 g/mol. The van der Waals surface area contributed by atoms with Crippen LogP contribution in [-0.2, 0) is 9.53 Å². The van der Waals surface area contributed by atoms with E-state index >= 15 is 0 Å². The standard InChI is InChI=1S/C31H36ClF2N5O2/c1-19-15-23(4-6-28(19)32)39-30(35-20(2)36-39)21-7-9-38(10-8-21)31(40)27-18-24(37-11-13-41-14-12-37)17-26(27)25-5-3-22(33)16-29(25)34/h3-6,15-16,21,24,26-27H,7-14,17-18H2,1-2H3/t24-,26-,27+/m0/s1. The van der Waals surface area contributed by atoms with Gasteiger partial charge in [-0.2, -0.15) is 5.10 Å². The third-order valence-corrected chi connectivity index (χ3v) is 9.50. The lowest BCUT2D eigenvalue weighted by Crippen LogP contribution is -2.44. The number of aromatic nitrogens is 3. The smallest absolute Gasteiger partial charge is 0.226 e. The number of carbonyl (C=O) groups is 1. The summed E-state index contributed by atoms with van der Waals surface area (Å²) in [5, 5.41) is 5.37. The number of benzene rings is 2. The number of aryl methyl sites for hydroxylation is 2. The Morgan fingerprint density at radius 1 is 1.00 bits per heavy atom. The molecular formula is C31H36ClF2N5O2. The van der Waals surface area contributed by atoms with Crippen molar-refractivity contribution in [3.8, 4) is 5.69 Å². The summed E-state index contributed by atoms with van der Waals surface area (Å²) in [5.74, 6) is 0.0308. The van der Waals surface area contributed by atoms with E-state index in [0.29, 0.717) is 55.6 Å². The number of amides is 1. The molecule has 1 aliphatic carbocycles. The number of hydrogen-bond donors (Lipinski definition) is 0.